The van der Waals surface area contributed by atoms with Crippen molar-refractivity contribution in [1.82, 2.24) is 5.32 Å². The van der Waals surface area contributed by atoms with E-state index in [2.05, 4.69) is 53.3 Å². The van der Waals surface area contributed by atoms with Gasteiger partial charge in [-0.05, 0) is 17.5 Å². The highest BCUT2D eigenvalue weighted by Crippen LogP contribution is 2.27. The first-order chi connectivity index (χ1) is 7.68. The third-order valence-corrected chi connectivity index (χ3v) is 3.82. The van der Waals surface area contributed by atoms with Crippen LogP contribution in [0.2, 0.25) is 0 Å². The molecule has 1 saturated heterocycles. The molecule has 0 bridgehead atoms. The van der Waals surface area contributed by atoms with Crippen LogP contribution < -0.4 is 5.32 Å². The lowest BCUT2D eigenvalue weighted by molar-refractivity contribution is -0.00747. The Balaban J connectivity index is 2.02. The lowest BCUT2D eigenvalue weighted by Crippen LogP contribution is -2.45. The number of rotatable bonds is 2. The first kappa shape index (κ1) is 12.1. The fourth-order valence-electron chi connectivity index (χ4n) is 1.96. The van der Waals surface area contributed by atoms with Crippen molar-refractivity contribution in [3.8, 4) is 0 Å². The summed E-state index contributed by atoms with van der Waals surface area (Å²) in [4.78, 5) is 0. The smallest absolute Gasteiger partial charge is 0.0960 e. The average molecular weight is 284 g/mol. The predicted molar refractivity (Wildman–Crippen MR) is 69.5 cm³/mol. The second-order valence-electron chi connectivity index (χ2n) is 4.60. The van der Waals surface area contributed by atoms with E-state index in [-0.39, 0.29) is 6.10 Å². The van der Waals surface area contributed by atoms with Gasteiger partial charge in [-0.15, -0.1) is 0 Å². The Morgan fingerprint density at radius 1 is 1.38 bits per heavy atom. The summed E-state index contributed by atoms with van der Waals surface area (Å²) in [6.45, 7) is 6.13. The number of morpholine rings is 1. The molecule has 1 aliphatic heterocycles. The monoisotopic (exact) mass is 283 g/mol. The Labute approximate surface area is 106 Å². The van der Waals surface area contributed by atoms with Crippen LogP contribution in [-0.2, 0) is 4.74 Å². The number of hydrogen-bond acceptors (Lipinski definition) is 2. The highest BCUT2D eigenvalue weighted by molar-refractivity contribution is 9.10. The zero-order valence-electron chi connectivity index (χ0n) is 9.74. The third kappa shape index (κ3) is 2.65. The van der Waals surface area contributed by atoms with Gasteiger partial charge in [0.05, 0.1) is 12.7 Å². The first-order valence-corrected chi connectivity index (χ1v) is 6.57. The molecule has 0 aliphatic carbocycles. The number of ether oxygens (including phenoxy) is 1. The summed E-state index contributed by atoms with van der Waals surface area (Å²) in [5.74, 6) is 0.625. The van der Waals surface area contributed by atoms with Crippen LogP contribution in [0.5, 0.6) is 0 Å². The van der Waals surface area contributed by atoms with E-state index in [0.29, 0.717) is 12.0 Å². The van der Waals surface area contributed by atoms with Crippen molar-refractivity contribution in [2.24, 2.45) is 5.92 Å². The normalized spacial score (nSPS) is 26.0. The van der Waals surface area contributed by atoms with Gasteiger partial charge < -0.3 is 10.1 Å². The molecule has 1 fully saturated rings. The van der Waals surface area contributed by atoms with Crippen molar-refractivity contribution in [1.29, 1.82) is 0 Å². The van der Waals surface area contributed by atoms with Gasteiger partial charge in [0.25, 0.3) is 0 Å². The van der Waals surface area contributed by atoms with Gasteiger partial charge in [0.1, 0.15) is 0 Å². The van der Waals surface area contributed by atoms with E-state index < -0.39 is 0 Å². The number of nitrogens with one attached hydrogen (secondary N) is 1. The Morgan fingerprint density at radius 2 is 2.12 bits per heavy atom. The summed E-state index contributed by atoms with van der Waals surface area (Å²) in [5.41, 5.74) is 1.23. The molecule has 88 valence electrons. The molecule has 3 heteroatoms. The van der Waals surface area contributed by atoms with Gasteiger partial charge in [-0.1, -0.05) is 48.0 Å². The molecule has 1 aromatic rings. The largest absolute Gasteiger partial charge is 0.371 e. The van der Waals surface area contributed by atoms with Gasteiger partial charge in [0, 0.05) is 17.1 Å². The minimum absolute atomic E-state index is 0.172. The van der Waals surface area contributed by atoms with E-state index in [9.17, 15) is 0 Å². The number of hydrogen-bond donors (Lipinski definition) is 1. The van der Waals surface area contributed by atoms with Crippen molar-refractivity contribution in [3.05, 3.63) is 34.3 Å². The van der Waals surface area contributed by atoms with Crippen molar-refractivity contribution in [2.75, 3.05) is 13.2 Å². The van der Waals surface area contributed by atoms with Crippen LogP contribution >= 0.6 is 15.9 Å². The van der Waals surface area contributed by atoms with Crippen LogP contribution in [0.3, 0.4) is 0 Å². The van der Waals surface area contributed by atoms with Crippen LogP contribution in [0.25, 0.3) is 0 Å². The Bertz CT molecular complexity index is 346. The number of halogens is 1. The third-order valence-electron chi connectivity index (χ3n) is 3.10. The van der Waals surface area contributed by atoms with Crippen LogP contribution in [0.4, 0.5) is 0 Å². The molecule has 0 saturated carbocycles. The predicted octanol–water partition coefficient (Wildman–Crippen LogP) is 3.13. The van der Waals surface area contributed by atoms with Crippen molar-refractivity contribution >= 4 is 15.9 Å². The number of benzene rings is 1. The summed E-state index contributed by atoms with van der Waals surface area (Å²) in [6, 6.07) is 8.75. The molecule has 16 heavy (non-hydrogen) atoms. The highest BCUT2D eigenvalue weighted by atomic mass is 79.9. The van der Waals surface area contributed by atoms with Gasteiger partial charge in [-0.2, -0.15) is 0 Å². The first-order valence-electron chi connectivity index (χ1n) is 5.78. The Kier molecular flexibility index (Phi) is 4.00. The molecule has 2 nitrogen and oxygen atoms in total. The molecule has 2 unspecified atom stereocenters. The van der Waals surface area contributed by atoms with Crippen LogP contribution in [0, 0.1) is 5.92 Å². The van der Waals surface area contributed by atoms with E-state index >= 15 is 0 Å². The second-order valence-corrected chi connectivity index (χ2v) is 5.46. The van der Waals surface area contributed by atoms with Gasteiger partial charge in [-0.25, -0.2) is 0 Å². The molecular weight excluding hydrogens is 266 g/mol. The summed E-state index contributed by atoms with van der Waals surface area (Å²) < 4.78 is 7.06. The fourth-order valence-corrected chi connectivity index (χ4v) is 2.50. The van der Waals surface area contributed by atoms with E-state index in [1.165, 1.54) is 5.56 Å². The maximum Gasteiger partial charge on any atom is 0.0960 e. The van der Waals surface area contributed by atoms with Crippen molar-refractivity contribution in [3.63, 3.8) is 0 Å². The quantitative estimate of drug-likeness (QED) is 0.901. The summed E-state index contributed by atoms with van der Waals surface area (Å²) >= 11 is 3.57. The van der Waals surface area contributed by atoms with E-state index in [0.717, 1.165) is 17.6 Å². The maximum absolute atomic E-state index is 5.93. The van der Waals surface area contributed by atoms with Gasteiger partial charge in [0.15, 0.2) is 0 Å². The molecular formula is C13H18BrNO. The molecule has 1 N–H and O–H groups in total. The molecule has 2 atom stereocenters. The van der Waals surface area contributed by atoms with Crippen LogP contribution in [-0.4, -0.2) is 19.2 Å². The van der Waals surface area contributed by atoms with Crippen molar-refractivity contribution in [2.45, 2.75) is 26.0 Å². The highest BCUT2D eigenvalue weighted by Gasteiger charge is 2.24. The van der Waals surface area contributed by atoms with Gasteiger partial charge in [0.2, 0.25) is 0 Å². The topological polar surface area (TPSA) is 21.3 Å². The van der Waals surface area contributed by atoms with E-state index in [1.54, 1.807) is 0 Å². The fraction of sp³-hybridized carbons (Fsp3) is 0.538. The second kappa shape index (κ2) is 5.30. The van der Waals surface area contributed by atoms with E-state index in [4.69, 9.17) is 4.74 Å². The van der Waals surface area contributed by atoms with Gasteiger partial charge in [-0.3, -0.25) is 0 Å². The minimum Gasteiger partial charge on any atom is -0.371 e. The zero-order valence-corrected chi connectivity index (χ0v) is 11.3. The van der Waals surface area contributed by atoms with Crippen molar-refractivity contribution < 1.29 is 4.74 Å². The molecule has 1 aromatic carbocycles. The van der Waals surface area contributed by atoms with E-state index in [1.807, 2.05) is 6.07 Å². The van der Waals surface area contributed by atoms with Crippen LogP contribution in [0.15, 0.2) is 28.7 Å². The summed E-state index contributed by atoms with van der Waals surface area (Å²) in [7, 11) is 0. The molecule has 0 aromatic heterocycles. The average Bonchev–Trinajstić information content (AvgIpc) is 2.30. The summed E-state index contributed by atoms with van der Waals surface area (Å²) in [6.07, 6.45) is 0.172. The summed E-state index contributed by atoms with van der Waals surface area (Å²) in [5, 5.41) is 3.55. The molecule has 0 radical (unpaired) electrons. The maximum atomic E-state index is 5.93. The van der Waals surface area contributed by atoms with Gasteiger partial charge >= 0.3 is 0 Å². The van der Waals surface area contributed by atoms with Crippen LogP contribution in [0.1, 0.15) is 25.5 Å². The SMILES string of the molecule is CC(C)C1COC(c2ccccc2Br)CN1. The lowest BCUT2D eigenvalue weighted by Gasteiger charge is -2.33. The minimum atomic E-state index is 0.172. The molecule has 1 aliphatic rings. The molecule has 0 amide bonds. The Morgan fingerprint density at radius 3 is 2.69 bits per heavy atom. The lowest BCUT2D eigenvalue weighted by atomic mass is 10.0. The standard InChI is InChI=1S/C13H18BrNO/c1-9(2)12-8-16-13(7-15-12)10-5-3-4-6-11(10)14/h3-6,9,12-13,15H,7-8H2,1-2H3. The molecule has 0 spiro atoms. The Hall–Kier alpha value is -0.380. The molecule has 2 rings (SSSR count). The zero-order chi connectivity index (χ0) is 11.5. The molecule has 1 heterocycles.